The van der Waals surface area contributed by atoms with Crippen LogP contribution in [0.2, 0.25) is 0 Å². The molecular formula is C14H17BrN2O2. The molecule has 2 rings (SSSR count). The summed E-state index contributed by atoms with van der Waals surface area (Å²) in [5.41, 5.74) is 0.764. The van der Waals surface area contributed by atoms with Gasteiger partial charge in [-0.15, -0.1) is 0 Å². The molecule has 19 heavy (non-hydrogen) atoms. The SMILES string of the molecule is COCCCn1c(C(C)Br)nc2ccccc2c1=O. The third-order valence-electron chi connectivity index (χ3n) is 2.98. The molecule has 0 saturated heterocycles. The van der Waals surface area contributed by atoms with Gasteiger partial charge in [0.2, 0.25) is 0 Å². The van der Waals surface area contributed by atoms with Crippen LogP contribution < -0.4 is 5.56 Å². The monoisotopic (exact) mass is 324 g/mol. The predicted molar refractivity (Wildman–Crippen MR) is 79.8 cm³/mol. The van der Waals surface area contributed by atoms with Crippen molar-refractivity contribution < 1.29 is 4.74 Å². The summed E-state index contributed by atoms with van der Waals surface area (Å²) >= 11 is 3.51. The zero-order valence-electron chi connectivity index (χ0n) is 11.1. The lowest BCUT2D eigenvalue weighted by Gasteiger charge is -2.14. The largest absolute Gasteiger partial charge is 0.385 e. The number of halogens is 1. The number of para-hydroxylation sites is 1. The minimum atomic E-state index is 0.0167. The number of rotatable bonds is 5. The Morgan fingerprint density at radius 3 is 2.84 bits per heavy atom. The second-order valence-corrected chi connectivity index (χ2v) is 5.78. The summed E-state index contributed by atoms with van der Waals surface area (Å²) in [6.45, 7) is 3.23. The van der Waals surface area contributed by atoms with Crippen LogP contribution in [0.25, 0.3) is 10.9 Å². The molecule has 102 valence electrons. The molecule has 0 aliphatic heterocycles. The van der Waals surface area contributed by atoms with Gasteiger partial charge in [0.1, 0.15) is 5.82 Å². The van der Waals surface area contributed by atoms with Crippen molar-refractivity contribution in [3.05, 3.63) is 40.4 Å². The van der Waals surface area contributed by atoms with E-state index in [1.54, 1.807) is 11.7 Å². The van der Waals surface area contributed by atoms with Crippen molar-refractivity contribution in [3.63, 3.8) is 0 Å². The quantitative estimate of drug-likeness (QED) is 0.627. The highest BCUT2D eigenvalue weighted by Gasteiger charge is 2.13. The van der Waals surface area contributed by atoms with Gasteiger partial charge in [-0.2, -0.15) is 0 Å². The lowest BCUT2D eigenvalue weighted by molar-refractivity contribution is 0.189. The van der Waals surface area contributed by atoms with E-state index < -0.39 is 0 Å². The Morgan fingerprint density at radius 1 is 1.42 bits per heavy atom. The highest BCUT2D eigenvalue weighted by Crippen LogP contribution is 2.20. The minimum Gasteiger partial charge on any atom is -0.385 e. The summed E-state index contributed by atoms with van der Waals surface area (Å²) in [6, 6.07) is 7.45. The van der Waals surface area contributed by atoms with Crippen molar-refractivity contribution in [2.75, 3.05) is 13.7 Å². The van der Waals surface area contributed by atoms with E-state index in [1.165, 1.54) is 0 Å². The third-order valence-corrected chi connectivity index (χ3v) is 3.39. The van der Waals surface area contributed by atoms with Gasteiger partial charge in [0, 0.05) is 20.3 Å². The number of fused-ring (bicyclic) bond motifs is 1. The van der Waals surface area contributed by atoms with Gasteiger partial charge in [-0.3, -0.25) is 9.36 Å². The first-order chi connectivity index (χ1) is 9.15. The number of ether oxygens (including phenoxy) is 1. The Bertz CT molecular complexity index is 622. The van der Waals surface area contributed by atoms with E-state index in [2.05, 4.69) is 20.9 Å². The van der Waals surface area contributed by atoms with Crippen LogP contribution in [0.4, 0.5) is 0 Å². The van der Waals surface area contributed by atoms with Crippen LogP contribution in [0.3, 0.4) is 0 Å². The van der Waals surface area contributed by atoms with E-state index in [9.17, 15) is 4.79 Å². The van der Waals surface area contributed by atoms with E-state index in [0.29, 0.717) is 18.5 Å². The molecule has 0 amide bonds. The molecule has 0 radical (unpaired) electrons. The maximum atomic E-state index is 12.5. The Labute approximate surface area is 120 Å². The van der Waals surface area contributed by atoms with Crippen LogP contribution in [-0.4, -0.2) is 23.3 Å². The van der Waals surface area contributed by atoms with Crippen LogP contribution in [0, 0.1) is 0 Å². The van der Waals surface area contributed by atoms with Crippen LogP contribution in [0.5, 0.6) is 0 Å². The molecule has 0 N–H and O–H groups in total. The molecule has 1 unspecified atom stereocenters. The predicted octanol–water partition coefficient (Wildman–Crippen LogP) is 2.89. The fraction of sp³-hybridized carbons (Fsp3) is 0.429. The minimum absolute atomic E-state index is 0.0167. The number of hydrogen-bond acceptors (Lipinski definition) is 3. The summed E-state index contributed by atoms with van der Waals surface area (Å²) in [4.78, 5) is 17.1. The molecule has 1 aromatic heterocycles. The molecule has 1 atom stereocenters. The van der Waals surface area contributed by atoms with E-state index in [0.717, 1.165) is 17.8 Å². The normalized spacial score (nSPS) is 12.8. The number of alkyl halides is 1. The van der Waals surface area contributed by atoms with Crippen molar-refractivity contribution in [3.8, 4) is 0 Å². The Morgan fingerprint density at radius 2 is 2.16 bits per heavy atom. The summed E-state index contributed by atoms with van der Waals surface area (Å²) in [5.74, 6) is 0.764. The fourth-order valence-electron chi connectivity index (χ4n) is 2.07. The van der Waals surface area contributed by atoms with Gasteiger partial charge in [0.25, 0.3) is 5.56 Å². The molecule has 0 aliphatic rings. The molecule has 0 saturated carbocycles. The maximum absolute atomic E-state index is 12.5. The topological polar surface area (TPSA) is 44.1 Å². The fourth-order valence-corrected chi connectivity index (χ4v) is 2.42. The van der Waals surface area contributed by atoms with Gasteiger partial charge in [-0.25, -0.2) is 4.98 Å². The maximum Gasteiger partial charge on any atom is 0.261 e. The third kappa shape index (κ3) is 3.04. The highest BCUT2D eigenvalue weighted by molar-refractivity contribution is 9.09. The smallest absolute Gasteiger partial charge is 0.261 e. The second-order valence-electron chi connectivity index (χ2n) is 4.41. The van der Waals surface area contributed by atoms with Gasteiger partial charge in [0.05, 0.1) is 15.7 Å². The van der Waals surface area contributed by atoms with E-state index >= 15 is 0 Å². The molecule has 0 bridgehead atoms. The summed E-state index contributed by atoms with van der Waals surface area (Å²) in [7, 11) is 1.66. The van der Waals surface area contributed by atoms with E-state index in [4.69, 9.17) is 4.74 Å². The number of methoxy groups -OCH3 is 1. The molecule has 1 aromatic carbocycles. The molecule has 1 heterocycles. The van der Waals surface area contributed by atoms with Gasteiger partial charge < -0.3 is 4.74 Å². The first-order valence-electron chi connectivity index (χ1n) is 6.27. The van der Waals surface area contributed by atoms with Crippen molar-refractivity contribution in [2.45, 2.75) is 24.7 Å². The van der Waals surface area contributed by atoms with Crippen molar-refractivity contribution in [1.82, 2.24) is 9.55 Å². The molecular weight excluding hydrogens is 308 g/mol. The first-order valence-corrected chi connectivity index (χ1v) is 7.19. The molecule has 0 fully saturated rings. The van der Waals surface area contributed by atoms with Crippen LogP contribution in [0.1, 0.15) is 24.0 Å². The van der Waals surface area contributed by atoms with Crippen molar-refractivity contribution in [2.24, 2.45) is 0 Å². The van der Waals surface area contributed by atoms with Gasteiger partial charge >= 0.3 is 0 Å². The summed E-state index contributed by atoms with van der Waals surface area (Å²) < 4.78 is 6.78. The Kier molecular flexibility index (Phi) is 4.71. The van der Waals surface area contributed by atoms with Crippen LogP contribution >= 0.6 is 15.9 Å². The van der Waals surface area contributed by atoms with Gasteiger partial charge in [-0.05, 0) is 25.5 Å². The summed E-state index contributed by atoms with van der Waals surface area (Å²) in [5, 5.41) is 0.664. The van der Waals surface area contributed by atoms with Crippen LogP contribution in [0.15, 0.2) is 29.1 Å². The summed E-state index contributed by atoms with van der Waals surface area (Å²) in [6.07, 6.45) is 0.795. The molecule has 2 aromatic rings. The number of nitrogens with zero attached hydrogens (tertiary/aromatic N) is 2. The number of hydrogen-bond donors (Lipinski definition) is 0. The molecule has 0 aliphatic carbocycles. The highest BCUT2D eigenvalue weighted by atomic mass is 79.9. The standard InChI is InChI=1S/C14H17BrN2O2/c1-10(15)13-16-12-7-4-3-6-11(12)14(18)17(13)8-5-9-19-2/h3-4,6-7,10H,5,8-9H2,1-2H3. The molecule has 5 heteroatoms. The van der Waals surface area contributed by atoms with Crippen molar-refractivity contribution in [1.29, 1.82) is 0 Å². The first kappa shape index (κ1) is 14.2. The lowest BCUT2D eigenvalue weighted by atomic mass is 10.2. The number of benzene rings is 1. The van der Waals surface area contributed by atoms with Gasteiger partial charge in [-0.1, -0.05) is 28.1 Å². The number of aromatic nitrogens is 2. The Balaban J connectivity index is 2.54. The van der Waals surface area contributed by atoms with Gasteiger partial charge in [0.15, 0.2) is 0 Å². The molecule has 4 nitrogen and oxygen atoms in total. The average molecular weight is 325 g/mol. The second kappa shape index (κ2) is 6.30. The van der Waals surface area contributed by atoms with Crippen molar-refractivity contribution >= 4 is 26.8 Å². The average Bonchev–Trinajstić information content (AvgIpc) is 2.41. The van der Waals surface area contributed by atoms with E-state index in [1.807, 2.05) is 31.2 Å². The van der Waals surface area contributed by atoms with Crippen LogP contribution in [-0.2, 0) is 11.3 Å². The Hall–Kier alpha value is -1.20. The molecule has 0 spiro atoms. The zero-order chi connectivity index (χ0) is 13.8. The van der Waals surface area contributed by atoms with E-state index in [-0.39, 0.29) is 10.4 Å². The zero-order valence-corrected chi connectivity index (χ0v) is 12.7. The lowest BCUT2D eigenvalue weighted by Crippen LogP contribution is -2.26.